The molecule has 2 rings (SSSR count). The fourth-order valence-corrected chi connectivity index (χ4v) is 3.27. The molecule has 19 heavy (non-hydrogen) atoms. The van der Waals surface area contributed by atoms with E-state index < -0.39 is 0 Å². The molecule has 1 aromatic heterocycles. The number of thioether (sulfide) groups is 1. The third-order valence-electron chi connectivity index (χ3n) is 3.24. The summed E-state index contributed by atoms with van der Waals surface area (Å²) in [5.74, 6) is 0. The summed E-state index contributed by atoms with van der Waals surface area (Å²) in [6.07, 6.45) is 4.75. The van der Waals surface area contributed by atoms with Crippen LogP contribution in [0.3, 0.4) is 0 Å². The highest BCUT2D eigenvalue weighted by Crippen LogP contribution is 2.37. The van der Waals surface area contributed by atoms with Gasteiger partial charge in [-0.2, -0.15) is 0 Å². The largest absolute Gasteiger partial charge is 0.329 e. The van der Waals surface area contributed by atoms with Gasteiger partial charge in [-0.1, -0.05) is 48.5 Å². The lowest BCUT2D eigenvalue weighted by molar-refractivity contribution is 0.630. The van der Waals surface area contributed by atoms with Gasteiger partial charge in [0, 0.05) is 25.5 Å². The Morgan fingerprint density at radius 1 is 1.42 bits per heavy atom. The van der Waals surface area contributed by atoms with E-state index in [-0.39, 0.29) is 11.3 Å². The second kappa shape index (κ2) is 6.26. The summed E-state index contributed by atoms with van der Waals surface area (Å²) in [7, 11) is 2.01. The van der Waals surface area contributed by atoms with E-state index in [9.17, 15) is 0 Å². The number of benzene rings is 1. The van der Waals surface area contributed by atoms with E-state index in [0.29, 0.717) is 0 Å². The van der Waals surface area contributed by atoms with Crippen LogP contribution in [0, 0.1) is 6.92 Å². The van der Waals surface area contributed by atoms with E-state index in [1.807, 2.05) is 24.0 Å². The highest BCUT2D eigenvalue weighted by molar-refractivity contribution is 7.99. The Kier molecular flexibility index (Phi) is 4.66. The molecule has 2 N–H and O–H groups in total. The molecule has 0 amide bonds. The van der Waals surface area contributed by atoms with Crippen LogP contribution in [-0.2, 0) is 7.05 Å². The van der Waals surface area contributed by atoms with Crippen molar-refractivity contribution >= 4 is 11.8 Å². The second-order valence-electron chi connectivity index (χ2n) is 4.85. The van der Waals surface area contributed by atoms with Crippen LogP contribution >= 0.6 is 11.8 Å². The minimum absolute atomic E-state index is 0.128. The molecule has 4 heteroatoms. The standard InChI is InChI=1S/C15H21N3S/c1-4-13(16)14(12-7-5-6-11(2)10-12)19-15-17-8-9-18(15)3/h5-10,13-14H,4,16H2,1-3H3. The van der Waals surface area contributed by atoms with Gasteiger partial charge in [0.05, 0.1) is 5.25 Å². The topological polar surface area (TPSA) is 43.8 Å². The van der Waals surface area contributed by atoms with Gasteiger partial charge in [-0.15, -0.1) is 0 Å². The Hall–Kier alpha value is -1.26. The molecule has 2 unspecified atom stereocenters. The number of rotatable bonds is 5. The van der Waals surface area contributed by atoms with Crippen molar-refractivity contribution in [3.8, 4) is 0 Å². The van der Waals surface area contributed by atoms with Crippen LogP contribution in [-0.4, -0.2) is 15.6 Å². The molecule has 0 radical (unpaired) electrons. The van der Waals surface area contributed by atoms with Gasteiger partial charge < -0.3 is 10.3 Å². The quantitative estimate of drug-likeness (QED) is 0.851. The molecule has 0 fully saturated rings. The first-order valence-corrected chi connectivity index (χ1v) is 7.46. The van der Waals surface area contributed by atoms with Crippen molar-refractivity contribution in [3.63, 3.8) is 0 Å². The summed E-state index contributed by atoms with van der Waals surface area (Å²) >= 11 is 1.74. The van der Waals surface area contributed by atoms with Crippen molar-refractivity contribution in [1.82, 2.24) is 9.55 Å². The van der Waals surface area contributed by atoms with Crippen molar-refractivity contribution in [3.05, 3.63) is 47.8 Å². The fourth-order valence-electron chi connectivity index (χ4n) is 2.04. The van der Waals surface area contributed by atoms with Gasteiger partial charge in [-0.05, 0) is 18.9 Å². The molecular formula is C15H21N3S. The van der Waals surface area contributed by atoms with Crippen molar-refractivity contribution in [2.75, 3.05) is 0 Å². The van der Waals surface area contributed by atoms with Crippen molar-refractivity contribution in [2.24, 2.45) is 12.8 Å². The predicted molar refractivity (Wildman–Crippen MR) is 81.3 cm³/mol. The molecule has 2 atom stereocenters. The number of hydrogen-bond donors (Lipinski definition) is 1. The number of hydrogen-bond acceptors (Lipinski definition) is 3. The molecule has 0 saturated carbocycles. The first kappa shape index (κ1) is 14.2. The monoisotopic (exact) mass is 275 g/mol. The van der Waals surface area contributed by atoms with E-state index in [1.165, 1.54) is 11.1 Å². The highest BCUT2D eigenvalue weighted by Gasteiger charge is 2.21. The minimum atomic E-state index is 0.128. The average Bonchev–Trinajstić information content (AvgIpc) is 2.80. The van der Waals surface area contributed by atoms with Gasteiger partial charge in [-0.3, -0.25) is 0 Å². The van der Waals surface area contributed by atoms with Crippen LogP contribution in [0.2, 0.25) is 0 Å². The number of aromatic nitrogens is 2. The van der Waals surface area contributed by atoms with E-state index in [1.54, 1.807) is 11.8 Å². The minimum Gasteiger partial charge on any atom is -0.329 e. The first-order valence-electron chi connectivity index (χ1n) is 6.58. The number of aryl methyl sites for hydroxylation is 2. The van der Waals surface area contributed by atoms with Crippen molar-refractivity contribution in [1.29, 1.82) is 0 Å². The summed E-state index contributed by atoms with van der Waals surface area (Å²) in [5.41, 5.74) is 8.86. The maximum absolute atomic E-state index is 6.31. The van der Waals surface area contributed by atoms with Crippen LogP contribution in [0.5, 0.6) is 0 Å². The summed E-state index contributed by atoms with van der Waals surface area (Å²) < 4.78 is 2.04. The summed E-state index contributed by atoms with van der Waals surface area (Å²) in [5, 5.41) is 1.25. The van der Waals surface area contributed by atoms with E-state index in [0.717, 1.165) is 11.6 Å². The molecule has 102 valence electrons. The van der Waals surface area contributed by atoms with Gasteiger partial charge >= 0.3 is 0 Å². The lowest BCUT2D eigenvalue weighted by Crippen LogP contribution is -2.26. The molecule has 0 aliphatic heterocycles. The van der Waals surface area contributed by atoms with Crippen LogP contribution in [0.1, 0.15) is 29.7 Å². The molecule has 1 aromatic carbocycles. The van der Waals surface area contributed by atoms with Gasteiger partial charge in [-0.25, -0.2) is 4.98 Å². The number of imidazole rings is 1. The molecule has 0 spiro atoms. The summed E-state index contributed by atoms with van der Waals surface area (Å²) in [4.78, 5) is 4.39. The lowest BCUT2D eigenvalue weighted by atomic mass is 10.0. The SMILES string of the molecule is CCC(N)C(Sc1nccn1C)c1cccc(C)c1. The molecule has 2 aromatic rings. The maximum Gasteiger partial charge on any atom is 0.168 e. The Labute approximate surface area is 119 Å². The fraction of sp³-hybridized carbons (Fsp3) is 0.400. The van der Waals surface area contributed by atoms with Crippen LogP contribution in [0.25, 0.3) is 0 Å². The Morgan fingerprint density at radius 2 is 2.21 bits per heavy atom. The molecule has 1 heterocycles. The zero-order valence-corrected chi connectivity index (χ0v) is 12.5. The molecule has 0 saturated heterocycles. The predicted octanol–water partition coefficient (Wildman–Crippen LogP) is 3.30. The first-order chi connectivity index (χ1) is 9.11. The Bertz CT molecular complexity index is 536. The highest BCUT2D eigenvalue weighted by atomic mass is 32.2. The van der Waals surface area contributed by atoms with Crippen LogP contribution in [0.4, 0.5) is 0 Å². The van der Waals surface area contributed by atoms with Gasteiger partial charge in [0.1, 0.15) is 0 Å². The normalized spacial score (nSPS) is 14.3. The second-order valence-corrected chi connectivity index (χ2v) is 5.95. The lowest BCUT2D eigenvalue weighted by Gasteiger charge is -2.22. The zero-order valence-electron chi connectivity index (χ0n) is 11.7. The number of nitrogens with zero attached hydrogens (tertiary/aromatic N) is 2. The van der Waals surface area contributed by atoms with E-state index >= 15 is 0 Å². The summed E-state index contributed by atoms with van der Waals surface area (Å²) in [6, 6.07) is 8.71. The smallest absolute Gasteiger partial charge is 0.168 e. The van der Waals surface area contributed by atoms with Gasteiger partial charge in [0.2, 0.25) is 0 Å². The van der Waals surface area contributed by atoms with Crippen molar-refractivity contribution < 1.29 is 0 Å². The number of nitrogens with two attached hydrogens (primary N) is 1. The zero-order chi connectivity index (χ0) is 13.8. The molecule has 0 bridgehead atoms. The molecule has 0 aliphatic carbocycles. The Balaban J connectivity index is 2.29. The van der Waals surface area contributed by atoms with Crippen LogP contribution < -0.4 is 5.73 Å². The van der Waals surface area contributed by atoms with Crippen LogP contribution in [0.15, 0.2) is 41.8 Å². The maximum atomic E-state index is 6.31. The van der Waals surface area contributed by atoms with Gasteiger partial charge in [0.15, 0.2) is 5.16 Å². The summed E-state index contributed by atoms with van der Waals surface area (Å²) in [6.45, 7) is 4.25. The third kappa shape index (κ3) is 3.39. The van der Waals surface area contributed by atoms with E-state index in [4.69, 9.17) is 5.73 Å². The molecule has 3 nitrogen and oxygen atoms in total. The molecular weight excluding hydrogens is 254 g/mol. The average molecular weight is 275 g/mol. The Morgan fingerprint density at radius 3 is 2.79 bits per heavy atom. The van der Waals surface area contributed by atoms with E-state index in [2.05, 4.69) is 43.1 Å². The van der Waals surface area contributed by atoms with Gasteiger partial charge in [0.25, 0.3) is 0 Å². The molecule has 0 aliphatic rings. The van der Waals surface area contributed by atoms with Crippen molar-refractivity contribution in [2.45, 2.75) is 36.7 Å². The third-order valence-corrected chi connectivity index (χ3v) is 4.72.